The molecule has 35 heavy (non-hydrogen) atoms. The highest BCUT2D eigenvalue weighted by Gasteiger charge is 2.16. The summed E-state index contributed by atoms with van der Waals surface area (Å²) in [5, 5.41) is 2.74. The first-order chi connectivity index (χ1) is 16.7. The van der Waals surface area contributed by atoms with Crippen molar-refractivity contribution in [3.63, 3.8) is 0 Å². The number of anilines is 2. The molecule has 0 fully saturated rings. The molecule has 0 atom stereocenters. The van der Waals surface area contributed by atoms with E-state index in [1.165, 1.54) is 5.56 Å². The van der Waals surface area contributed by atoms with Gasteiger partial charge in [0.1, 0.15) is 5.60 Å². The number of carbonyl (C=O) groups excluding carboxylic acids is 1. The molecule has 3 aromatic rings. The van der Waals surface area contributed by atoms with Gasteiger partial charge in [0.05, 0.1) is 5.69 Å². The van der Waals surface area contributed by atoms with Crippen molar-refractivity contribution in [2.24, 2.45) is 0 Å². The third kappa shape index (κ3) is 6.99. The van der Waals surface area contributed by atoms with Gasteiger partial charge in [-0.3, -0.25) is 10.3 Å². The fourth-order valence-electron chi connectivity index (χ4n) is 3.57. The van der Waals surface area contributed by atoms with Gasteiger partial charge in [-0.05, 0) is 80.8 Å². The van der Waals surface area contributed by atoms with E-state index >= 15 is 0 Å². The highest BCUT2D eigenvalue weighted by molar-refractivity contribution is 5.85. The van der Waals surface area contributed by atoms with Crippen molar-refractivity contribution in [2.75, 3.05) is 30.6 Å². The number of benzene rings is 2. The van der Waals surface area contributed by atoms with E-state index in [-0.39, 0.29) is 0 Å². The Balaban J connectivity index is 1.32. The lowest BCUT2D eigenvalue weighted by molar-refractivity contribution is 0.0636. The molecule has 1 aromatic heterocycles. The quantitative estimate of drug-likeness (QED) is 0.453. The molecule has 0 bridgehead atoms. The molecular formula is C28H31N3O4. The van der Waals surface area contributed by atoms with Crippen molar-refractivity contribution in [3.05, 3.63) is 77.6 Å². The SMILES string of the molecule is CN(CCc1ccc2c(c1)OCO2)c1ccnc(/C=C/c2ccc(NC(=O)OC(C)(C)C)cc2)c1. The third-order valence-corrected chi connectivity index (χ3v) is 5.38. The number of pyridine rings is 1. The number of hydrogen-bond acceptors (Lipinski definition) is 6. The average molecular weight is 474 g/mol. The van der Waals surface area contributed by atoms with E-state index < -0.39 is 11.7 Å². The van der Waals surface area contributed by atoms with E-state index in [0.29, 0.717) is 12.5 Å². The second-order valence-electron chi connectivity index (χ2n) is 9.38. The Hall–Kier alpha value is -4.00. The topological polar surface area (TPSA) is 72.9 Å². The molecule has 4 rings (SSSR count). The van der Waals surface area contributed by atoms with Crippen molar-refractivity contribution < 1.29 is 19.0 Å². The summed E-state index contributed by atoms with van der Waals surface area (Å²) >= 11 is 0. The summed E-state index contributed by atoms with van der Waals surface area (Å²) in [5.41, 5.74) is 4.32. The maximum Gasteiger partial charge on any atom is 0.412 e. The molecule has 1 amide bonds. The van der Waals surface area contributed by atoms with Gasteiger partial charge in [-0.2, -0.15) is 0 Å². The molecule has 0 unspecified atom stereocenters. The molecule has 0 saturated carbocycles. The number of amides is 1. The number of fused-ring (bicyclic) bond motifs is 1. The van der Waals surface area contributed by atoms with Crippen LogP contribution < -0.4 is 19.7 Å². The maximum atomic E-state index is 11.9. The normalized spacial score (nSPS) is 12.6. The van der Waals surface area contributed by atoms with Crippen molar-refractivity contribution in [2.45, 2.75) is 32.8 Å². The fraction of sp³-hybridized carbons (Fsp3) is 0.286. The van der Waals surface area contributed by atoms with Crippen LogP contribution in [0.3, 0.4) is 0 Å². The Labute approximate surface area is 206 Å². The molecule has 1 aliphatic rings. The zero-order chi connectivity index (χ0) is 24.8. The van der Waals surface area contributed by atoms with Crippen LogP contribution in [0, 0.1) is 0 Å². The zero-order valence-electron chi connectivity index (χ0n) is 20.6. The molecule has 0 aliphatic carbocycles. The van der Waals surface area contributed by atoms with Crippen LogP contribution in [-0.2, 0) is 11.2 Å². The highest BCUT2D eigenvalue weighted by atomic mass is 16.7. The number of ether oxygens (including phenoxy) is 3. The van der Waals surface area contributed by atoms with Gasteiger partial charge in [-0.25, -0.2) is 4.79 Å². The van der Waals surface area contributed by atoms with Crippen molar-refractivity contribution in [1.29, 1.82) is 0 Å². The van der Waals surface area contributed by atoms with Crippen LogP contribution in [0.2, 0.25) is 0 Å². The second-order valence-corrected chi connectivity index (χ2v) is 9.38. The number of likely N-dealkylation sites (N-methyl/N-ethyl adjacent to an activating group) is 1. The van der Waals surface area contributed by atoms with Crippen LogP contribution in [0.5, 0.6) is 11.5 Å². The minimum atomic E-state index is -0.533. The van der Waals surface area contributed by atoms with Gasteiger partial charge < -0.3 is 19.1 Å². The van der Waals surface area contributed by atoms with E-state index in [2.05, 4.69) is 34.4 Å². The summed E-state index contributed by atoms with van der Waals surface area (Å²) in [6, 6.07) is 17.7. The lowest BCUT2D eigenvalue weighted by Gasteiger charge is -2.19. The summed E-state index contributed by atoms with van der Waals surface area (Å²) in [6.45, 7) is 6.65. The summed E-state index contributed by atoms with van der Waals surface area (Å²) in [4.78, 5) is 18.6. The van der Waals surface area contributed by atoms with Gasteiger partial charge in [0.15, 0.2) is 11.5 Å². The largest absolute Gasteiger partial charge is 0.454 e. The molecule has 0 radical (unpaired) electrons. The van der Waals surface area contributed by atoms with E-state index in [1.54, 1.807) is 0 Å². The van der Waals surface area contributed by atoms with Crippen LogP contribution in [0.1, 0.15) is 37.6 Å². The Morgan fingerprint density at radius 2 is 1.83 bits per heavy atom. The molecular weight excluding hydrogens is 442 g/mol. The predicted molar refractivity (Wildman–Crippen MR) is 139 cm³/mol. The van der Waals surface area contributed by atoms with Gasteiger partial charge in [0.25, 0.3) is 0 Å². The number of nitrogens with zero attached hydrogens (tertiary/aromatic N) is 2. The number of carbonyl (C=O) groups is 1. The molecule has 0 spiro atoms. The van der Waals surface area contributed by atoms with Gasteiger partial charge in [-0.15, -0.1) is 0 Å². The molecule has 1 aliphatic heterocycles. The van der Waals surface area contributed by atoms with Crippen LogP contribution >= 0.6 is 0 Å². The first kappa shape index (κ1) is 24.1. The summed E-state index contributed by atoms with van der Waals surface area (Å²) in [5.74, 6) is 1.62. The number of hydrogen-bond donors (Lipinski definition) is 1. The van der Waals surface area contributed by atoms with Gasteiger partial charge in [-0.1, -0.05) is 24.3 Å². The lowest BCUT2D eigenvalue weighted by atomic mass is 10.1. The van der Waals surface area contributed by atoms with E-state index in [9.17, 15) is 4.79 Å². The molecule has 7 nitrogen and oxygen atoms in total. The van der Waals surface area contributed by atoms with Crippen molar-refractivity contribution >= 4 is 29.6 Å². The minimum absolute atomic E-state index is 0.291. The first-order valence-electron chi connectivity index (χ1n) is 11.6. The monoisotopic (exact) mass is 473 g/mol. The van der Waals surface area contributed by atoms with Gasteiger partial charge in [0, 0.05) is 31.2 Å². The number of nitrogens with one attached hydrogen (secondary N) is 1. The summed E-state index contributed by atoms with van der Waals surface area (Å²) in [6.07, 6.45) is 6.22. The summed E-state index contributed by atoms with van der Waals surface area (Å²) in [7, 11) is 2.08. The smallest absolute Gasteiger partial charge is 0.412 e. The van der Waals surface area contributed by atoms with Gasteiger partial charge in [0.2, 0.25) is 6.79 Å². The Morgan fingerprint density at radius 1 is 1.06 bits per heavy atom. The summed E-state index contributed by atoms with van der Waals surface area (Å²) < 4.78 is 16.1. The Bertz CT molecular complexity index is 1200. The van der Waals surface area contributed by atoms with E-state index in [0.717, 1.165) is 41.4 Å². The Morgan fingerprint density at radius 3 is 2.60 bits per heavy atom. The van der Waals surface area contributed by atoms with Crippen molar-refractivity contribution in [3.8, 4) is 11.5 Å². The molecule has 182 valence electrons. The van der Waals surface area contributed by atoms with E-state index in [1.807, 2.05) is 81.6 Å². The maximum absolute atomic E-state index is 11.9. The molecule has 0 saturated heterocycles. The van der Waals surface area contributed by atoms with Gasteiger partial charge >= 0.3 is 6.09 Å². The number of aromatic nitrogens is 1. The van der Waals surface area contributed by atoms with E-state index in [4.69, 9.17) is 14.2 Å². The van der Waals surface area contributed by atoms with Crippen LogP contribution in [0.4, 0.5) is 16.2 Å². The van der Waals surface area contributed by atoms with Crippen molar-refractivity contribution in [1.82, 2.24) is 4.98 Å². The predicted octanol–water partition coefficient (Wildman–Crippen LogP) is 6.01. The Kier molecular flexibility index (Phi) is 7.25. The zero-order valence-corrected chi connectivity index (χ0v) is 20.6. The highest BCUT2D eigenvalue weighted by Crippen LogP contribution is 2.32. The first-order valence-corrected chi connectivity index (χ1v) is 11.6. The molecule has 7 heteroatoms. The molecule has 2 aromatic carbocycles. The standard InChI is InChI=1S/C28H31N3O4/c1-28(2,3)35-27(32)30-22-9-5-20(6-10-22)7-11-23-18-24(13-15-29-23)31(4)16-14-21-8-12-25-26(17-21)34-19-33-25/h5-13,15,17-18H,14,16,19H2,1-4H3,(H,30,32)/b11-7+. The average Bonchev–Trinajstić information content (AvgIpc) is 3.29. The number of rotatable bonds is 7. The van der Waals surface area contributed by atoms with Crippen LogP contribution in [-0.4, -0.2) is 37.1 Å². The lowest BCUT2D eigenvalue weighted by Crippen LogP contribution is -2.27. The van der Waals surface area contributed by atoms with Crippen LogP contribution in [0.25, 0.3) is 12.2 Å². The molecule has 2 heterocycles. The second kappa shape index (κ2) is 10.5. The minimum Gasteiger partial charge on any atom is -0.454 e. The van der Waals surface area contributed by atoms with Crippen LogP contribution in [0.15, 0.2) is 60.8 Å². The fourth-order valence-corrected chi connectivity index (χ4v) is 3.57. The third-order valence-electron chi connectivity index (χ3n) is 5.38. The molecule has 1 N–H and O–H groups in total.